The summed E-state index contributed by atoms with van der Waals surface area (Å²) in [6.07, 6.45) is 1.96. The van der Waals surface area contributed by atoms with Gasteiger partial charge in [-0.2, -0.15) is 0 Å². The zero-order valence-electron chi connectivity index (χ0n) is 11.6. The van der Waals surface area contributed by atoms with Crippen LogP contribution in [0.5, 0.6) is 0 Å². The van der Waals surface area contributed by atoms with Gasteiger partial charge in [-0.15, -0.1) is 11.3 Å². The molecule has 3 nitrogen and oxygen atoms in total. The minimum Gasteiger partial charge on any atom is -0.481 e. The Bertz CT molecular complexity index is 789. The number of para-hydroxylation sites is 1. The number of rotatable bonds is 4. The Balaban J connectivity index is 2.00. The topological polar surface area (TPSA) is 50.2 Å². The second kappa shape index (κ2) is 5.66. The first kappa shape index (κ1) is 13.8. The largest absolute Gasteiger partial charge is 0.481 e. The highest BCUT2D eigenvalue weighted by Gasteiger charge is 2.14. The van der Waals surface area contributed by atoms with Crippen molar-refractivity contribution in [3.05, 3.63) is 53.5 Å². The molecule has 1 atom stereocenters. The number of nitrogens with zero attached hydrogens (tertiary/aromatic N) is 1. The second-order valence-corrected chi connectivity index (χ2v) is 6.20. The van der Waals surface area contributed by atoms with Crippen molar-refractivity contribution in [1.82, 2.24) is 4.98 Å². The third-order valence-corrected chi connectivity index (χ3v) is 4.84. The number of fused-ring (bicyclic) bond motifs is 1. The summed E-state index contributed by atoms with van der Waals surface area (Å²) < 4.78 is 0. The number of hydrogen-bond donors (Lipinski definition) is 1. The lowest BCUT2D eigenvalue weighted by Crippen LogP contribution is -2.00. The number of hydrogen-bond acceptors (Lipinski definition) is 3. The molecule has 3 aromatic rings. The van der Waals surface area contributed by atoms with Crippen LogP contribution >= 0.6 is 11.3 Å². The standard InChI is InChI=1S/C17H15NO2S/c1-11(10-16(19)20)14-7-8-15(21-14)13-6-2-4-12-5-3-9-18-17(12)13/h2-9,11H,10H2,1H3,(H,19,20). The number of pyridine rings is 1. The van der Waals surface area contributed by atoms with Crippen molar-refractivity contribution in [2.75, 3.05) is 0 Å². The number of carboxylic acid groups (broad SMARTS) is 1. The number of carboxylic acids is 1. The highest BCUT2D eigenvalue weighted by Crippen LogP contribution is 2.36. The van der Waals surface area contributed by atoms with Crippen LogP contribution in [0.1, 0.15) is 24.1 Å². The first-order chi connectivity index (χ1) is 10.1. The van der Waals surface area contributed by atoms with E-state index in [0.29, 0.717) is 0 Å². The Morgan fingerprint density at radius 1 is 1.24 bits per heavy atom. The van der Waals surface area contributed by atoms with Crippen molar-refractivity contribution in [3.8, 4) is 10.4 Å². The molecule has 3 rings (SSSR count). The van der Waals surface area contributed by atoms with Crippen LogP contribution in [0.15, 0.2) is 48.7 Å². The van der Waals surface area contributed by atoms with Gasteiger partial charge in [0, 0.05) is 32.8 Å². The molecule has 0 aliphatic heterocycles. The van der Waals surface area contributed by atoms with E-state index in [-0.39, 0.29) is 12.3 Å². The Labute approximate surface area is 126 Å². The van der Waals surface area contributed by atoms with Crippen LogP contribution in [-0.4, -0.2) is 16.1 Å². The molecule has 0 bridgehead atoms. The molecular weight excluding hydrogens is 282 g/mol. The molecular formula is C17H15NO2S. The maximum Gasteiger partial charge on any atom is 0.303 e. The lowest BCUT2D eigenvalue weighted by Gasteiger charge is -2.05. The van der Waals surface area contributed by atoms with E-state index < -0.39 is 5.97 Å². The third kappa shape index (κ3) is 2.81. The highest BCUT2D eigenvalue weighted by atomic mass is 32.1. The Morgan fingerprint density at radius 3 is 2.86 bits per heavy atom. The van der Waals surface area contributed by atoms with Gasteiger partial charge in [-0.1, -0.05) is 31.2 Å². The summed E-state index contributed by atoms with van der Waals surface area (Å²) in [6, 6.07) is 14.2. The molecule has 2 heterocycles. The maximum absolute atomic E-state index is 10.8. The summed E-state index contributed by atoms with van der Waals surface area (Å²) >= 11 is 1.65. The molecule has 1 N–H and O–H groups in total. The van der Waals surface area contributed by atoms with Crippen LogP contribution in [0, 0.1) is 0 Å². The van der Waals surface area contributed by atoms with Gasteiger partial charge in [-0.25, -0.2) is 0 Å². The van der Waals surface area contributed by atoms with Gasteiger partial charge >= 0.3 is 5.97 Å². The van der Waals surface area contributed by atoms with Crippen molar-refractivity contribution in [2.45, 2.75) is 19.3 Å². The minimum atomic E-state index is -0.760. The molecule has 0 aliphatic rings. The minimum absolute atomic E-state index is 0.0317. The van der Waals surface area contributed by atoms with Crippen molar-refractivity contribution < 1.29 is 9.90 Å². The SMILES string of the molecule is CC(CC(=O)O)c1ccc(-c2cccc3cccnc23)s1. The van der Waals surface area contributed by atoms with E-state index in [1.165, 1.54) is 0 Å². The predicted octanol–water partition coefficient (Wildman–Crippen LogP) is 4.54. The van der Waals surface area contributed by atoms with Gasteiger partial charge in [-0.05, 0) is 18.2 Å². The zero-order valence-corrected chi connectivity index (χ0v) is 12.4. The van der Waals surface area contributed by atoms with Gasteiger partial charge in [0.2, 0.25) is 0 Å². The second-order valence-electron chi connectivity index (χ2n) is 5.08. The maximum atomic E-state index is 10.8. The predicted molar refractivity (Wildman–Crippen MR) is 85.7 cm³/mol. The van der Waals surface area contributed by atoms with Crippen LogP contribution in [0.3, 0.4) is 0 Å². The number of benzene rings is 1. The summed E-state index contributed by atoms with van der Waals surface area (Å²) in [5, 5.41) is 10.0. The smallest absolute Gasteiger partial charge is 0.303 e. The van der Waals surface area contributed by atoms with Crippen LogP contribution in [0.25, 0.3) is 21.3 Å². The van der Waals surface area contributed by atoms with Gasteiger partial charge < -0.3 is 5.11 Å². The van der Waals surface area contributed by atoms with Gasteiger partial charge in [0.05, 0.1) is 11.9 Å². The number of aromatic nitrogens is 1. The fourth-order valence-electron chi connectivity index (χ4n) is 2.43. The molecule has 0 radical (unpaired) electrons. The Kier molecular flexibility index (Phi) is 3.71. The monoisotopic (exact) mass is 297 g/mol. The fourth-order valence-corrected chi connectivity index (χ4v) is 3.51. The third-order valence-electron chi connectivity index (χ3n) is 3.49. The number of aliphatic carboxylic acids is 1. The van der Waals surface area contributed by atoms with Crippen molar-refractivity contribution in [3.63, 3.8) is 0 Å². The zero-order chi connectivity index (χ0) is 14.8. The van der Waals surface area contributed by atoms with Gasteiger partial charge in [0.15, 0.2) is 0 Å². The van der Waals surface area contributed by atoms with E-state index in [1.54, 1.807) is 17.5 Å². The van der Waals surface area contributed by atoms with Crippen LogP contribution in [-0.2, 0) is 4.79 Å². The molecule has 0 fully saturated rings. The fraction of sp³-hybridized carbons (Fsp3) is 0.176. The molecule has 0 aliphatic carbocycles. The quantitative estimate of drug-likeness (QED) is 0.769. The number of thiophene rings is 1. The molecule has 106 valence electrons. The molecule has 0 spiro atoms. The first-order valence-corrected chi connectivity index (χ1v) is 7.62. The van der Waals surface area contributed by atoms with Crippen molar-refractivity contribution >= 4 is 28.2 Å². The molecule has 0 saturated carbocycles. The van der Waals surface area contributed by atoms with Crippen molar-refractivity contribution in [2.24, 2.45) is 0 Å². The highest BCUT2D eigenvalue weighted by molar-refractivity contribution is 7.15. The average Bonchev–Trinajstić information content (AvgIpc) is 2.95. The van der Waals surface area contributed by atoms with Crippen molar-refractivity contribution in [1.29, 1.82) is 0 Å². The van der Waals surface area contributed by atoms with Gasteiger partial charge in [0.1, 0.15) is 0 Å². The van der Waals surface area contributed by atoms with Crippen LogP contribution in [0.2, 0.25) is 0 Å². The Hall–Kier alpha value is -2.20. The summed E-state index contributed by atoms with van der Waals surface area (Å²) in [7, 11) is 0. The summed E-state index contributed by atoms with van der Waals surface area (Å²) in [6.45, 7) is 1.95. The van der Waals surface area contributed by atoms with E-state index in [0.717, 1.165) is 26.2 Å². The number of carbonyl (C=O) groups is 1. The first-order valence-electron chi connectivity index (χ1n) is 6.81. The summed E-state index contributed by atoms with van der Waals surface area (Å²) in [5.74, 6) is -0.728. The lowest BCUT2D eigenvalue weighted by atomic mass is 10.1. The molecule has 1 unspecified atom stereocenters. The average molecular weight is 297 g/mol. The van der Waals surface area contributed by atoms with E-state index in [1.807, 2.05) is 37.3 Å². The molecule has 21 heavy (non-hydrogen) atoms. The van der Waals surface area contributed by atoms with E-state index in [9.17, 15) is 4.79 Å². The lowest BCUT2D eigenvalue weighted by molar-refractivity contribution is -0.137. The van der Waals surface area contributed by atoms with E-state index in [2.05, 4.69) is 17.1 Å². The summed E-state index contributed by atoms with van der Waals surface area (Å²) in [5.41, 5.74) is 2.09. The normalized spacial score (nSPS) is 12.4. The molecule has 0 saturated heterocycles. The molecule has 4 heteroatoms. The molecule has 1 aromatic carbocycles. The van der Waals surface area contributed by atoms with Crippen LogP contribution < -0.4 is 0 Å². The van der Waals surface area contributed by atoms with E-state index >= 15 is 0 Å². The van der Waals surface area contributed by atoms with E-state index in [4.69, 9.17) is 5.11 Å². The Morgan fingerprint density at radius 2 is 2.05 bits per heavy atom. The molecule has 2 aromatic heterocycles. The van der Waals surface area contributed by atoms with Gasteiger partial charge in [0.25, 0.3) is 0 Å². The van der Waals surface area contributed by atoms with Crippen LogP contribution in [0.4, 0.5) is 0 Å². The molecule has 0 amide bonds. The summed E-state index contributed by atoms with van der Waals surface area (Å²) in [4.78, 5) is 17.5. The van der Waals surface area contributed by atoms with Gasteiger partial charge in [-0.3, -0.25) is 9.78 Å².